The van der Waals surface area contributed by atoms with Crippen LogP contribution < -0.4 is 5.32 Å². The molecule has 24 heavy (non-hydrogen) atoms. The molecule has 0 bridgehead atoms. The van der Waals surface area contributed by atoms with E-state index in [9.17, 15) is 14.4 Å². The number of nitrogens with one attached hydrogen (secondary N) is 1. The van der Waals surface area contributed by atoms with Crippen LogP contribution >= 0.6 is 0 Å². The molecule has 1 aromatic carbocycles. The predicted octanol–water partition coefficient (Wildman–Crippen LogP) is 1.13. The monoisotopic (exact) mass is 329 g/mol. The van der Waals surface area contributed by atoms with Crippen molar-refractivity contribution in [3.8, 4) is 0 Å². The standard InChI is InChI=1S/C18H23N3O3/c1-2-19-11-13-7-9-20(10-8-13)16(22)12-21-17(23)14-5-3-4-6-15(14)18(21)24/h3-6,13,19H,2,7-12H2,1H3. The average Bonchev–Trinajstić information content (AvgIpc) is 2.85. The van der Waals surface area contributed by atoms with E-state index in [1.807, 2.05) is 0 Å². The van der Waals surface area contributed by atoms with Gasteiger partial charge in [0.1, 0.15) is 6.54 Å². The van der Waals surface area contributed by atoms with Gasteiger partial charge < -0.3 is 10.2 Å². The lowest BCUT2D eigenvalue weighted by molar-refractivity contribution is -0.132. The molecule has 2 heterocycles. The molecule has 0 unspecified atom stereocenters. The van der Waals surface area contributed by atoms with Gasteiger partial charge in [-0.25, -0.2) is 0 Å². The van der Waals surface area contributed by atoms with E-state index in [-0.39, 0.29) is 24.3 Å². The average molecular weight is 329 g/mol. The minimum atomic E-state index is -0.369. The van der Waals surface area contributed by atoms with Crippen LogP contribution in [0.5, 0.6) is 0 Å². The van der Waals surface area contributed by atoms with Crippen molar-refractivity contribution in [2.24, 2.45) is 5.92 Å². The van der Waals surface area contributed by atoms with Gasteiger partial charge in [0.15, 0.2) is 0 Å². The zero-order valence-corrected chi connectivity index (χ0v) is 14.0. The van der Waals surface area contributed by atoms with Gasteiger partial charge in [0.05, 0.1) is 11.1 Å². The summed E-state index contributed by atoms with van der Waals surface area (Å²) in [5.41, 5.74) is 0.777. The lowest BCUT2D eigenvalue weighted by Crippen LogP contribution is -2.46. The van der Waals surface area contributed by atoms with Crippen molar-refractivity contribution in [2.45, 2.75) is 19.8 Å². The van der Waals surface area contributed by atoms with Gasteiger partial charge in [0, 0.05) is 13.1 Å². The number of hydrogen-bond acceptors (Lipinski definition) is 4. The van der Waals surface area contributed by atoms with Gasteiger partial charge in [-0.15, -0.1) is 0 Å². The summed E-state index contributed by atoms with van der Waals surface area (Å²) in [6.07, 6.45) is 1.92. The molecule has 2 aliphatic rings. The highest BCUT2D eigenvalue weighted by atomic mass is 16.2. The minimum absolute atomic E-state index is 0.147. The third-order valence-corrected chi connectivity index (χ3v) is 4.82. The van der Waals surface area contributed by atoms with Gasteiger partial charge in [-0.05, 0) is 44.0 Å². The lowest BCUT2D eigenvalue weighted by Gasteiger charge is -2.32. The number of carbonyl (C=O) groups is 3. The molecule has 1 N–H and O–H groups in total. The number of piperidine rings is 1. The molecule has 1 aromatic rings. The molecule has 0 saturated carbocycles. The second kappa shape index (κ2) is 7.13. The van der Waals surface area contributed by atoms with Crippen molar-refractivity contribution < 1.29 is 14.4 Å². The maximum atomic E-state index is 12.5. The van der Waals surface area contributed by atoms with Crippen molar-refractivity contribution in [3.05, 3.63) is 35.4 Å². The van der Waals surface area contributed by atoms with Crippen LogP contribution in [-0.2, 0) is 4.79 Å². The van der Waals surface area contributed by atoms with Crippen molar-refractivity contribution in [1.29, 1.82) is 0 Å². The molecule has 128 valence electrons. The Morgan fingerprint density at radius 1 is 1.12 bits per heavy atom. The number of rotatable bonds is 5. The largest absolute Gasteiger partial charge is 0.341 e. The number of hydrogen-bond donors (Lipinski definition) is 1. The first kappa shape index (κ1) is 16.6. The molecule has 1 saturated heterocycles. The molecule has 6 nitrogen and oxygen atoms in total. The van der Waals surface area contributed by atoms with E-state index in [1.54, 1.807) is 29.2 Å². The SMILES string of the molecule is CCNCC1CCN(C(=O)CN2C(=O)c3ccccc3C2=O)CC1. The summed E-state index contributed by atoms with van der Waals surface area (Å²) >= 11 is 0. The maximum absolute atomic E-state index is 12.5. The molecule has 3 amide bonds. The molecular weight excluding hydrogens is 306 g/mol. The Hall–Kier alpha value is -2.21. The summed E-state index contributed by atoms with van der Waals surface area (Å²) in [5, 5.41) is 3.34. The minimum Gasteiger partial charge on any atom is -0.341 e. The summed E-state index contributed by atoms with van der Waals surface area (Å²) in [4.78, 5) is 40.0. The molecule has 0 atom stereocenters. The highest BCUT2D eigenvalue weighted by Gasteiger charge is 2.37. The van der Waals surface area contributed by atoms with E-state index in [0.29, 0.717) is 30.1 Å². The fourth-order valence-electron chi connectivity index (χ4n) is 3.35. The van der Waals surface area contributed by atoms with Gasteiger partial charge >= 0.3 is 0 Å². The van der Waals surface area contributed by atoms with Crippen LogP contribution in [0.4, 0.5) is 0 Å². The molecule has 6 heteroatoms. The first-order valence-electron chi connectivity index (χ1n) is 8.55. The highest BCUT2D eigenvalue weighted by molar-refractivity contribution is 6.22. The van der Waals surface area contributed by atoms with Crippen LogP contribution in [0, 0.1) is 5.92 Å². The summed E-state index contributed by atoms with van der Waals surface area (Å²) in [7, 11) is 0. The summed E-state index contributed by atoms with van der Waals surface area (Å²) < 4.78 is 0. The zero-order valence-electron chi connectivity index (χ0n) is 14.0. The number of carbonyl (C=O) groups excluding carboxylic acids is 3. The Morgan fingerprint density at radius 3 is 2.25 bits per heavy atom. The molecule has 3 rings (SSSR count). The van der Waals surface area contributed by atoms with Crippen molar-refractivity contribution in [3.63, 3.8) is 0 Å². The summed E-state index contributed by atoms with van der Waals surface area (Å²) in [5.74, 6) is -0.295. The number of imide groups is 1. The van der Waals surface area contributed by atoms with E-state index < -0.39 is 0 Å². The third-order valence-electron chi connectivity index (χ3n) is 4.82. The van der Waals surface area contributed by atoms with E-state index in [1.165, 1.54) is 0 Å². The second-order valence-corrected chi connectivity index (χ2v) is 6.37. The van der Waals surface area contributed by atoms with Crippen LogP contribution in [0.3, 0.4) is 0 Å². The fourth-order valence-corrected chi connectivity index (χ4v) is 3.35. The molecule has 0 aromatic heterocycles. The van der Waals surface area contributed by atoms with E-state index in [0.717, 1.165) is 30.8 Å². The Morgan fingerprint density at radius 2 is 1.71 bits per heavy atom. The van der Waals surface area contributed by atoms with Crippen LogP contribution in [0.2, 0.25) is 0 Å². The van der Waals surface area contributed by atoms with Gasteiger partial charge in [-0.2, -0.15) is 0 Å². The molecule has 0 radical (unpaired) electrons. The van der Waals surface area contributed by atoms with Gasteiger partial charge in [-0.3, -0.25) is 19.3 Å². The van der Waals surface area contributed by atoms with E-state index in [2.05, 4.69) is 12.2 Å². The van der Waals surface area contributed by atoms with Gasteiger partial charge in [-0.1, -0.05) is 19.1 Å². The van der Waals surface area contributed by atoms with Crippen molar-refractivity contribution in [1.82, 2.24) is 15.1 Å². The molecule has 2 aliphatic heterocycles. The molecular formula is C18H23N3O3. The Kier molecular flexibility index (Phi) is 4.94. The number of fused-ring (bicyclic) bond motifs is 1. The maximum Gasteiger partial charge on any atom is 0.262 e. The topological polar surface area (TPSA) is 69.7 Å². The molecule has 0 spiro atoms. The van der Waals surface area contributed by atoms with Crippen LogP contribution in [0.25, 0.3) is 0 Å². The molecule has 0 aliphatic carbocycles. The highest BCUT2D eigenvalue weighted by Crippen LogP contribution is 2.23. The number of benzene rings is 1. The number of amides is 3. The number of nitrogens with zero attached hydrogens (tertiary/aromatic N) is 2. The summed E-state index contributed by atoms with van der Waals surface area (Å²) in [6, 6.07) is 6.72. The summed E-state index contributed by atoms with van der Waals surface area (Å²) in [6.45, 7) is 5.25. The lowest BCUT2D eigenvalue weighted by atomic mass is 9.97. The first-order valence-corrected chi connectivity index (χ1v) is 8.55. The van der Waals surface area contributed by atoms with Gasteiger partial charge in [0.25, 0.3) is 11.8 Å². The predicted molar refractivity (Wildman–Crippen MR) is 89.7 cm³/mol. The van der Waals surface area contributed by atoms with Crippen LogP contribution in [0.15, 0.2) is 24.3 Å². The third kappa shape index (κ3) is 3.19. The van der Waals surface area contributed by atoms with Gasteiger partial charge in [0.2, 0.25) is 5.91 Å². The van der Waals surface area contributed by atoms with Crippen molar-refractivity contribution >= 4 is 17.7 Å². The first-order chi connectivity index (χ1) is 11.6. The molecule has 1 fully saturated rings. The van der Waals surface area contributed by atoms with Crippen LogP contribution in [0.1, 0.15) is 40.5 Å². The fraction of sp³-hybridized carbons (Fsp3) is 0.500. The Labute approximate surface area is 141 Å². The Balaban J connectivity index is 1.57. The number of likely N-dealkylation sites (tertiary alicyclic amines) is 1. The second-order valence-electron chi connectivity index (χ2n) is 6.37. The van der Waals surface area contributed by atoms with E-state index in [4.69, 9.17) is 0 Å². The zero-order chi connectivity index (χ0) is 17.1. The normalized spacial score (nSPS) is 18.2. The smallest absolute Gasteiger partial charge is 0.262 e. The van der Waals surface area contributed by atoms with Crippen LogP contribution in [-0.4, -0.2) is 60.2 Å². The Bertz CT molecular complexity index is 616. The van der Waals surface area contributed by atoms with Crippen molar-refractivity contribution in [2.75, 3.05) is 32.7 Å². The van der Waals surface area contributed by atoms with E-state index >= 15 is 0 Å². The quantitative estimate of drug-likeness (QED) is 0.822.